The average Bonchev–Trinajstić information content (AvgIpc) is 3.33. The maximum atomic E-state index is 12.5. The fourth-order valence-corrected chi connectivity index (χ4v) is 7.54. The Balaban J connectivity index is 1.57. The minimum Gasteiger partial charge on any atom is -0.388 e. The number of Topliss-reactive ketones (excluding diaryl/α,β-unsaturated/α-hetero) is 1. The zero-order valence-corrected chi connectivity index (χ0v) is 16.2. The number of hydrogen-bond donors (Lipinski definition) is 2. The van der Waals surface area contributed by atoms with Gasteiger partial charge in [-0.05, 0) is 68.9 Å². The van der Waals surface area contributed by atoms with Crippen molar-refractivity contribution in [2.45, 2.75) is 63.8 Å². The van der Waals surface area contributed by atoms with Crippen LogP contribution in [0.15, 0.2) is 23.3 Å². The predicted octanol–water partition coefficient (Wildman–Crippen LogP) is 1.96. The molecule has 3 saturated carbocycles. The lowest BCUT2D eigenvalue weighted by Crippen LogP contribution is -2.57. The van der Waals surface area contributed by atoms with Crippen LogP contribution in [0, 0.1) is 29.1 Å². The van der Waals surface area contributed by atoms with Gasteiger partial charge in [-0.25, -0.2) is 0 Å². The quantitative estimate of drug-likeness (QED) is 0.724. The lowest BCUT2D eigenvalue weighted by molar-refractivity contribution is -0.151. The van der Waals surface area contributed by atoms with E-state index < -0.39 is 18.0 Å². The standard InChI is InChI=1S/C22H28O5/c1-11-8-13-15-5-4-14-12(2)17(24)6-7-20(14,3)22(15)19(27-22)9-16(13)21(11,26)18(25)10-23/h6-7,11,13,15-16,19,23,26H,4-5,8-10H2,1-3H3/t11-,13+,15+,16?,19+,20+,21-,22-/m1/s1. The van der Waals surface area contributed by atoms with Crippen molar-refractivity contribution in [2.75, 3.05) is 6.61 Å². The van der Waals surface area contributed by atoms with Gasteiger partial charge in [0, 0.05) is 11.3 Å². The van der Waals surface area contributed by atoms with Crippen LogP contribution in [0.4, 0.5) is 0 Å². The molecule has 1 aliphatic heterocycles. The summed E-state index contributed by atoms with van der Waals surface area (Å²) in [7, 11) is 0. The Labute approximate surface area is 159 Å². The summed E-state index contributed by atoms with van der Waals surface area (Å²) in [5.74, 6) is -0.177. The van der Waals surface area contributed by atoms with Gasteiger partial charge in [-0.15, -0.1) is 0 Å². The fraction of sp³-hybridized carbons (Fsp3) is 0.727. The van der Waals surface area contributed by atoms with E-state index in [-0.39, 0.29) is 46.6 Å². The highest BCUT2D eigenvalue weighted by atomic mass is 16.6. The molecule has 0 bridgehead atoms. The van der Waals surface area contributed by atoms with Crippen molar-refractivity contribution in [1.29, 1.82) is 0 Å². The molecular weight excluding hydrogens is 344 g/mol. The number of rotatable bonds is 2. The largest absolute Gasteiger partial charge is 0.388 e. The van der Waals surface area contributed by atoms with Crippen LogP contribution >= 0.6 is 0 Å². The van der Waals surface area contributed by atoms with E-state index in [9.17, 15) is 19.8 Å². The van der Waals surface area contributed by atoms with Crippen molar-refractivity contribution in [2.24, 2.45) is 29.1 Å². The molecule has 27 heavy (non-hydrogen) atoms. The molecule has 0 aromatic rings. The smallest absolute Gasteiger partial charge is 0.190 e. The van der Waals surface area contributed by atoms with E-state index in [0.717, 1.165) is 24.8 Å². The summed E-state index contributed by atoms with van der Waals surface area (Å²) in [6, 6.07) is 0. The maximum Gasteiger partial charge on any atom is 0.190 e. The SMILES string of the molecule is CC1=C2CC[C@H]3[C@@H]4C[C@@H](C)[C@](O)(C(=O)CO)C4C[C@@H]4O[C@@]43[C@@]2(C)C=CC1=O. The minimum atomic E-state index is -1.44. The first-order valence-electron chi connectivity index (χ1n) is 10.2. The van der Waals surface area contributed by atoms with Crippen LogP contribution in [0.2, 0.25) is 0 Å². The molecule has 2 N–H and O–H groups in total. The molecule has 0 aromatic carbocycles. The highest BCUT2D eigenvalue weighted by Crippen LogP contribution is 2.73. The normalized spacial score (nSPS) is 52.8. The Morgan fingerprint density at radius 3 is 2.78 bits per heavy atom. The van der Waals surface area contributed by atoms with Crippen LogP contribution in [0.25, 0.3) is 0 Å². The first-order valence-corrected chi connectivity index (χ1v) is 10.2. The zero-order chi connectivity index (χ0) is 19.4. The zero-order valence-electron chi connectivity index (χ0n) is 16.2. The van der Waals surface area contributed by atoms with Crippen LogP contribution in [0.3, 0.4) is 0 Å². The Morgan fingerprint density at radius 1 is 1.33 bits per heavy atom. The maximum absolute atomic E-state index is 12.5. The Kier molecular flexibility index (Phi) is 3.42. The molecular formula is C22H28O5. The lowest BCUT2D eigenvalue weighted by atomic mass is 9.49. The Morgan fingerprint density at radius 2 is 2.07 bits per heavy atom. The number of carbonyl (C=O) groups is 2. The number of epoxide rings is 1. The molecule has 8 atom stereocenters. The Bertz CT molecular complexity index is 812. The van der Waals surface area contributed by atoms with Gasteiger partial charge in [0.2, 0.25) is 0 Å². The van der Waals surface area contributed by atoms with Gasteiger partial charge in [0.1, 0.15) is 17.8 Å². The van der Waals surface area contributed by atoms with E-state index >= 15 is 0 Å². The molecule has 0 amide bonds. The molecule has 0 aromatic heterocycles. The number of carbonyl (C=O) groups excluding carboxylic acids is 2. The second-order valence-electron chi connectivity index (χ2n) is 9.60. The third-order valence-corrected chi connectivity index (χ3v) is 8.88. The van der Waals surface area contributed by atoms with E-state index in [0.29, 0.717) is 6.42 Å². The molecule has 5 heteroatoms. The van der Waals surface area contributed by atoms with Crippen molar-refractivity contribution in [1.82, 2.24) is 0 Å². The number of allylic oxidation sites excluding steroid dienone is 2. The molecule has 5 rings (SSSR count). The van der Waals surface area contributed by atoms with Crippen molar-refractivity contribution in [3.63, 3.8) is 0 Å². The summed E-state index contributed by atoms with van der Waals surface area (Å²) in [4.78, 5) is 24.7. The Hall–Kier alpha value is -1.30. The van der Waals surface area contributed by atoms with Gasteiger partial charge >= 0.3 is 0 Å². The molecule has 4 fully saturated rings. The number of aliphatic hydroxyl groups excluding tert-OH is 1. The highest BCUT2D eigenvalue weighted by Gasteiger charge is 2.79. The van der Waals surface area contributed by atoms with Crippen molar-refractivity contribution >= 4 is 11.6 Å². The summed E-state index contributed by atoms with van der Waals surface area (Å²) >= 11 is 0. The van der Waals surface area contributed by atoms with Crippen LogP contribution in [0.5, 0.6) is 0 Å². The van der Waals surface area contributed by atoms with E-state index in [2.05, 4.69) is 6.92 Å². The van der Waals surface area contributed by atoms with E-state index in [1.165, 1.54) is 5.57 Å². The second kappa shape index (κ2) is 5.19. The first-order chi connectivity index (χ1) is 12.7. The van der Waals surface area contributed by atoms with Gasteiger partial charge in [0.25, 0.3) is 0 Å². The summed E-state index contributed by atoms with van der Waals surface area (Å²) in [6.45, 7) is 5.45. The van der Waals surface area contributed by atoms with Crippen molar-refractivity contribution in [3.8, 4) is 0 Å². The lowest BCUT2D eigenvalue weighted by Gasteiger charge is -2.52. The minimum absolute atomic E-state index is 0.00183. The molecule has 5 aliphatic rings. The number of hydrogen-bond acceptors (Lipinski definition) is 5. The summed E-state index contributed by atoms with van der Waals surface area (Å²) in [5.41, 5.74) is 0.0287. The van der Waals surface area contributed by atoms with Gasteiger partial charge in [-0.2, -0.15) is 0 Å². The molecule has 4 aliphatic carbocycles. The highest BCUT2D eigenvalue weighted by molar-refractivity contribution is 6.05. The number of ketones is 2. The summed E-state index contributed by atoms with van der Waals surface area (Å²) < 4.78 is 6.42. The third-order valence-electron chi connectivity index (χ3n) is 8.88. The van der Waals surface area contributed by atoms with Gasteiger partial charge in [-0.1, -0.05) is 18.6 Å². The fourth-order valence-electron chi connectivity index (χ4n) is 7.54. The van der Waals surface area contributed by atoms with Gasteiger partial charge in [0.05, 0.1) is 6.10 Å². The first kappa shape index (κ1) is 17.8. The topological polar surface area (TPSA) is 87.1 Å². The monoisotopic (exact) mass is 372 g/mol. The number of ether oxygens (including phenoxy) is 1. The summed E-state index contributed by atoms with van der Waals surface area (Å²) in [6.07, 6.45) is 6.97. The van der Waals surface area contributed by atoms with Gasteiger partial charge < -0.3 is 14.9 Å². The molecule has 0 radical (unpaired) electrons. The molecule has 1 saturated heterocycles. The molecule has 146 valence electrons. The van der Waals surface area contributed by atoms with Crippen LogP contribution in [-0.2, 0) is 14.3 Å². The van der Waals surface area contributed by atoms with E-state index in [1.54, 1.807) is 6.08 Å². The van der Waals surface area contributed by atoms with Crippen LogP contribution in [-0.4, -0.2) is 45.7 Å². The van der Waals surface area contributed by atoms with E-state index in [1.807, 2.05) is 19.9 Å². The van der Waals surface area contributed by atoms with Crippen LogP contribution in [0.1, 0.15) is 46.5 Å². The average molecular weight is 372 g/mol. The van der Waals surface area contributed by atoms with Gasteiger partial charge in [-0.3, -0.25) is 9.59 Å². The van der Waals surface area contributed by atoms with E-state index in [4.69, 9.17) is 4.74 Å². The van der Waals surface area contributed by atoms with Crippen molar-refractivity contribution in [3.05, 3.63) is 23.3 Å². The van der Waals surface area contributed by atoms with Gasteiger partial charge in [0.15, 0.2) is 11.6 Å². The summed E-state index contributed by atoms with van der Waals surface area (Å²) in [5, 5.41) is 20.7. The second-order valence-corrected chi connectivity index (χ2v) is 9.60. The van der Waals surface area contributed by atoms with Crippen molar-refractivity contribution < 1.29 is 24.5 Å². The molecule has 1 heterocycles. The number of aliphatic hydroxyl groups is 2. The number of fused-ring (bicyclic) bond motifs is 3. The molecule has 1 unspecified atom stereocenters. The van der Waals surface area contributed by atoms with Crippen LogP contribution < -0.4 is 0 Å². The molecule has 1 spiro atoms. The molecule has 5 nitrogen and oxygen atoms in total. The third kappa shape index (κ3) is 1.82. The predicted molar refractivity (Wildman–Crippen MR) is 97.7 cm³/mol.